The second-order valence-electron chi connectivity index (χ2n) is 1.70. The first-order valence-electron chi connectivity index (χ1n) is 2.67. The number of thiol groups is 1. The van der Waals surface area contributed by atoms with Crippen LogP contribution in [0.25, 0.3) is 0 Å². The lowest BCUT2D eigenvalue weighted by molar-refractivity contribution is 0.616. The molecule has 0 saturated carbocycles. The van der Waals surface area contributed by atoms with Crippen LogP contribution in [0.3, 0.4) is 0 Å². The van der Waals surface area contributed by atoms with Crippen molar-refractivity contribution in [1.29, 1.82) is 0 Å². The topological polar surface area (TPSA) is 60.2 Å². The Labute approximate surface area is 64.4 Å². The fourth-order valence-electron chi connectivity index (χ4n) is 0.574. The third-order valence-electron chi connectivity index (χ3n) is 1.03. The van der Waals surface area contributed by atoms with Crippen LogP contribution in [0.15, 0.2) is 16.3 Å². The first kappa shape index (κ1) is 7.71. The molecule has 1 aromatic rings. The Morgan fingerprint density at radius 3 is 2.50 bits per heavy atom. The monoisotopic (exact) mass is 177 g/mol. The third-order valence-corrected chi connectivity index (χ3v) is 3.17. The molecular weight excluding hydrogens is 170 g/mol. The van der Waals surface area contributed by atoms with Crippen LogP contribution in [-0.2, 0) is 17.2 Å². The highest BCUT2D eigenvalue weighted by Crippen LogP contribution is 2.16. The van der Waals surface area contributed by atoms with E-state index in [9.17, 15) is 8.42 Å². The summed E-state index contributed by atoms with van der Waals surface area (Å²) in [5.74, 6) is 0. The minimum Gasteiger partial charge on any atom is -0.326 e. The van der Waals surface area contributed by atoms with Crippen LogP contribution >= 0.6 is 11.3 Å². The van der Waals surface area contributed by atoms with Gasteiger partial charge in [0.25, 0.3) is 0 Å². The number of rotatable bonds is 2. The molecule has 1 rings (SSSR count). The summed E-state index contributed by atoms with van der Waals surface area (Å²) < 4.78 is 21.1. The second kappa shape index (κ2) is 3.14. The summed E-state index contributed by atoms with van der Waals surface area (Å²) in [6.07, 6.45) is 0. The number of hydrogen-bond donors (Lipinski definition) is 2. The zero-order valence-electron chi connectivity index (χ0n) is 5.11. The Bertz CT molecular complexity index is 282. The average molecular weight is 177 g/mol. The summed E-state index contributed by atoms with van der Waals surface area (Å²) in [6, 6.07) is 3.30. The zero-order chi connectivity index (χ0) is 7.56. The summed E-state index contributed by atoms with van der Waals surface area (Å²) >= 11 is 1.22. The molecule has 2 N–H and O–H groups in total. The summed E-state index contributed by atoms with van der Waals surface area (Å²) in [7, 11) is -2.42. The van der Waals surface area contributed by atoms with E-state index >= 15 is 0 Å². The molecule has 1 heterocycles. The van der Waals surface area contributed by atoms with Gasteiger partial charge >= 0.3 is 0 Å². The second-order valence-corrected chi connectivity index (χ2v) is 4.17. The van der Waals surface area contributed by atoms with Crippen molar-refractivity contribution < 1.29 is 8.42 Å². The first-order chi connectivity index (χ1) is 4.74. The van der Waals surface area contributed by atoms with Gasteiger partial charge in [-0.2, -0.15) is 0 Å². The van der Waals surface area contributed by atoms with Crippen LogP contribution in [-0.4, -0.2) is 8.42 Å². The lowest BCUT2D eigenvalue weighted by atomic mass is 10.5. The maximum Gasteiger partial charge on any atom is 0.177 e. The number of nitrogens with two attached hydrogens (primary N) is 1. The molecule has 0 fully saturated rings. The van der Waals surface area contributed by atoms with E-state index in [1.807, 2.05) is 0 Å². The Hall–Kier alpha value is -0.390. The van der Waals surface area contributed by atoms with E-state index in [1.54, 1.807) is 12.1 Å². The molecule has 0 bridgehead atoms. The van der Waals surface area contributed by atoms with Crippen LogP contribution in [0, 0.1) is 0 Å². The van der Waals surface area contributed by atoms with Crippen LogP contribution < -0.4 is 5.73 Å². The molecule has 0 spiro atoms. The minimum absolute atomic E-state index is 0.385. The summed E-state index contributed by atoms with van der Waals surface area (Å²) in [6.45, 7) is 0.411. The molecule has 0 amide bonds. The molecule has 10 heavy (non-hydrogen) atoms. The molecular formula is C5H7NO2S2. The molecule has 0 atom stereocenters. The summed E-state index contributed by atoms with van der Waals surface area (Å²) in [5.41, 5.74) is 5.28. The van der Waals surface area contributed by atoms with Crippen molar-refractivity contribution in [2.45, 2.75) is 10.8 Å². The third kappa shape index (κ3) is 1.56. The molecule has 56 valence electrons. The van der Waals surface area contributed by atoms with Crippen molar-refractivity contribution in [2.75, 3.05) is 0 Å². The van der Waals surface area contributed by atoms with Gasteiger partial charge in [-0.25, -0.2) is 8.42 Å². The van der Waals surface area contributed by atoms with Gasteiger partial charge in [-0.15, -0.1) is 11.3 Å². The quantitative estimate of drug-likeness (QED) is 0.633. The van der Waals surface area contributed by atoms with Crippen molar-refractivity contribution >= 4 is 22.0 Å². The van der Waals surface area contributed by atoms with Crippen molar-refractivity contribution in [1.82, 2.24) is 0 Å². The largest absolute Gasteiger partial charge is 0.326 e. The fourth-order valence-corrected chi connectivity index (χ4v) is 2.04. The predicted molar refractivity (Wildman–Crippen MR) is 40.8 cm³/mol. The Balaban J connectivity index is 2.99. The van der Waals surface area contributed by atoms with Gasteiger partial charge in [-0.1, -0.05) is 0 Å². The van der Waals surface area contributed by atoms with Crippen molar-refractivity contribution in [3.05, 3.63) is 17.0 Å². The van der Waals surface area contributed by atoms with Gasteiger partial charge in [0.15, 0.2) is 10.7 Å². The molecule has 3 nitrogen and oxygen atoms in total. The van der Waals surface area contributed by atoms with E-state index in [4.69, 9.17) is 5.73 Å². The highest BCUT2D eigenvalue weighted by Gasteiger charge is 1.98. The van der Waals surface area contributed by atoms with Crippen LogP contribution in [0.5, 0.6) is 0 Å². The molecule has 0 aliphatic rings. The first-order valence-corrected chi connectivity index (χ1v) is 4.66. The molecule has 0 radical (unpaired) electrons. The standard InChI is InChI=1S/C5H7NO2S2/c6-3-4-1-2-5(9-4)10(7)8/h1-2,10H,3,6H2. The van der Waals surface area contributed by atoms with Crippen molar-refractivity contribution in [3.8, 4) is 0 Å². The number of thiophene rings is 1. The average Bonchev–Trinajstić information content (AvgIpc) is 2.34. The highest BCUT2D eigenvalue weighted by atomic mass is 32.2. The van der Waals surface area contributed by atoms with Gasteiger partial charge in [0.2, 0.25) is 0 Å². The lowest BCUT2D eigenvalue weighted by Gasteiger charge is -1.81. The van der Waals surface area contributed by atoms with E-state index in [-0.39, 0.29) is 0 Å². The Morgan fingerprint density at radius 2 is 2.20 bits per heavy atom. The van der Waals surface area contributed by atoms with E-state index < -0.39 is 10.7 Å². The molecule has 0 aromatic carbocycles. The van der Waals surface area contributed by atoms with Crippen LogP contribution in [0.4, 0.5) is 0 Å². The maximum absolute atomic E-state index is 10.3. The maximum atomic E-state index is 10.3. The van der Waals surface area contributed by atoms with E-state index in [2.05, 4.69) is 0 Å². The Morgan fingerprint density at radius 1 is 1.50 bits per heavy atom. The molecule has 1 aromatic heterocycles. The molecule has 0 aliphatic carbocycles. The van der Waals surface area contributed by atoms with Crippen molar-refractivity contribution in [2.24, 2.45) is 5.73 Å². The van der Waals surface area contributed by atoms with Gasteiger partial charge in [0.1, 0.15) is 4.21 Å². The van der Waals surface area contributed by atoms with Gasteiger partial charge in [0.05, 0.1) is 0 Å². The van der Waals surface area contributed by atoms with Crippen LogP contribution in [0.2, 0.25) is 0 Å². The smallest absolute Gasteiger partial charge is 0.177 e. The minimum atomic E-state index is -2.42. The van der Waals surface area contributed by atoms with E-state index in [1.165, 1.54) is 11.3 Å². The molecule has 0 aliphatic heterocycles. The Kier molecular flexibility index (Phi) is 2.42. The van der Waals surface area contributed by atoms with Gasteiger partial charge in [-0.3, -0.25) is 0 Å². The van der Waals surface area contributed by atoms with E-state index in [0.29, 0.717) is 10.8 Å². The fraction of sp³-hybridized carbons (Fsp3) is 0.200. The molecule has 0 unspecified atom stereocenters. The van der Waals surface area contributed by atoms with Crippen molar-refractivity contribution in [3.63, 3.8) is 0 Å². The summed E-state index contributed by atoms with van der Waals surface area (Å²) in [5, 5.41) is 0. The zero-order valence-corrected chi connectivity index (χ0v) is 6.82. The van der Waals surface area contributed by atoms with Gasteiger partial charge in [-0.05, 0) is 12.1 Å². The highest BCUT2D eigenvalue weighted by molar-refractivity contribution is 7.75. The molecule has 0 saturated heterocycles. The van der Waals surface area contributed by atoms with Gasteiger partial charge < -0.3 is 5.73 Å². The normalized spacial score (nSPS) is 10.6. The van der Waals surface area contributed by atoms with E-state index in [0.717, 1.165) is 4.88 Å². The number of hydrogen-bond acceptors (Lipinski definition) is 4. The van der Waals surface area contributed by atoms with Crippen LogP contribution in [0.1, 0.15) is 4.88 Å². The predicted octanol–water partition coefficient (Wildman–Crippen LogP) is 0.177. The van der Waals surface area contributed by atoms with Gasteiger partial charge in [0, 0.05) is 11.4 Å². The SMILES string of the molecule is NCc1ccc([SH](=O)=O)s1. The lowest BCUT2D eigenvalue weighted by Crippen LogP contribution is -1.91. The summed E-state index contributed by atoms with van der Waals surface area (Å²) in [4.78, 5) is 0.897. The molecule has 5 heteroatoms.